The summed E-state index contributed by atoms with van der Waals surface area (Å²) >= 11 is 3.43. The third-order valence-corrected chi connectivity index (χ3v) is 6.36. The molecule has 0 aromatic carbocycles. The van der Waals surface area contributed by atoms with E-state index in [-0.39, 0.29) is 0 Å². The van der Waals surface area contributed by atoms with Crippen LogP contribution in [0.4, 0.5) is 5.69 Å². The van der Waals surface area contributed by atoms with Crippen molar-refractivity contribution in [2.75, 3.05) is 11.1 Å². The quantitative estimate of drug-likeness (QED) is 0.872. The van der Waals surface area contributed by atoms with E-state index in [0.717, 1.165) is 52.6 Å². The molecule has 0 bridgehead atoms. The van der Waals surface area contributed by atoms with Crippen molar-refractivity contribution in [3.63, 3.8) is 0 Å². The van der Waals surface area contributed by atoms with E-state index in [4.69, 9.17) is 0 Å². The Morgan fingerprint density at radius 2 is 2.27 bits per heavy atom. The minimum Gasteiger partial charge on any atom is -0.380 e. The first-order valence-electron chi connectivity index (χ1n) is 7.71. The zero-order chi connectivity index (χ0) is 15.5. The van der Waals surface area contributed by atoms with Crippen LogP contribution in [0.15, 0.2) is 29.0 Å². The molecular formula is C16H20BrN3OS. The topological polar surface area (TPSA) is 54.9 Å². The molecule has 22 heavy (non-hydrogen) atoms. The summed E-state index contributed by atoms with van der Waals surface area (Å²) in [4.78, 5) is 8.86. The van der Waals surface area contributed by atoms with Gasteiger partial charge in [0.1, 0.15) is 5.52 Å². The number of fused-ring (bicyclic) bond motifs is 1. The lowest BCUT2D eigenvalue weighted by Crippen LogP contribution is -2.33. The van der Waals surface area contributed by atoms with Gasteiger partial charge in [-0.25, -0.2) is 0 Å². The summed E-state index contributed by atoms with van der Waals surface area (Å²) in [5.41, 5.74) is 2.79. The normalized spacial score (nSPS) is 23.4. The Labute approximate surface area is 141 Å². The number of hydrogen-bond donors (Lipinski definition) is 1. The summed E-state index contributed by atoms with van der Waals surface area (Å²) in [6.45, 7) is 2.01. The molecule has 2 aromatic rings. The molecule has 3 rings (SSSR count). The number of hydrogen-bond acceptors (Lipinski definition) is 4. The number of nitrogens with one attached hydrogen (secondary N) is 1. The second-order valence-electron chi connectivity index (χ2n) is 5.68. The summed E-state index contributed by atoms with van der Waals surface area (Å²) in [6, 6.07) is 4.32. The highest BCUT2D eigenvalue weighted by molar-refractivity contribution is 9.10. The molecule has 4 nitrogen and oxygen atoms in total. The van der Waals surface area contributed by atoms with Crippen LogP contribution in [0.25, 0.3) is 11.0 Å². The third kappa shape index (κ3) is 3.49. The van der Waals surface area contributed by atoms with Gasteiger partial charge in [0.05, 0.1) is 11.2 Å². The van der Waals surface area contributed by atoms with E-state index in [1.807, 2.05) is 25.3 Å². The fraction of sp³-hybridized carbons (Fsp3) is 0.500. The molecule has 3 unspecified atom stereocenters. The van der Waals surface area contributed by atoms with Crippen molar-refractivity contribution < 1.29 is 4.21 Å². The van der Waals surface area contributed by atoms with Crippen LogP contribution in [-0.4, -0.2) is 31.2 Å². The van der Waals surface area contributed by atoms with Crippen LogP contribution in [0, 0.1) is 0 Å². The minimum absolute atomic E-state index is 0.325. The van der Waals surface area contributed by atoms with Crippen LogP contribution in [0.1, 0.15) is 32.6 Å². The van der Waals surface area contributed by atoms with Crippen LogP contribution < -0.4 is 5.32 Å². The molecular weight excluding hydrogens is 362 g/mol. The van der Waals surface area contributed by atoms with E-state index in [9.17, 15) is 4.21 Å². The predicted octanol–water partition coefficient (Wildman–Crippen LogP) is 3.88. The van der Waals surface area contributed by atoms with Crippen LogP contribution in [-0.2, 0) is 10.8 Å². The summed E-state index contributed by atoms with van der Waals surface area (Å²) in [6.07, 6.45) is 7.92. The summed E-state index contributed by atoms with van der Waals surface area (Å²) in [5.74, 6) is 0.755. The highest BCUT2D eigenvalue weighted by atomic mass is 79.9. The number of rotatable bonds is 4. The number of anilines is 1. The second-order valence-corrected chi connectivity index (χ2v) is 8.60. The maximum Gasteiger partial charge on any atom is 0.112 e. The molecule has 0 saturated heterocycles. The van der Waals surface area contributed by atoms with E-state index in [2.05, 4.69) is 31.2 Å². The average Bonchev–Trinajstić information content (AvgIpc) is 2.54. The molecule has 118 valence electrons. The van der Waals surface area contributed by atoms with Crippen molar-refractivity contribution in [1.29, 1.82) is 0 Å². The molecule has 0 radical (unpaired) electrons. The second kappa shape index (κ2) is 7.04. The van der Waals surface area contributed by atoms with Crippen molar-refractivity contribution >= 4 is 43.5 Å². The van der Waals surface area contributed by atoms with Crippen molar-refractivity contribution in [1.82, 2.24) is 9.97 Å². The molecule has 2 heterocycles. The van der Waals surface area contributed by atoms with Gasteiger partial charge in [0, 0.05) is 44.7 Å². The minimum atomic E-state index is -0.697. The van der Waals surface area contributed by atoms with Gasteiger partial charge in [0.15, 0.2) is 0 Å². The monoisotopic (exact) mass is 381 g/mol. The third-order valence-electron chi connectivity index (χ3n) is 4.19. The fourth-order valence-corrected chi connectivity index (χ4v) is 4.76. The highest BCUT2D eigenvalue weighted by Gasteiger charge is 2.25. The summed E-state index contributed by atoms with van der Waals surface area (Å²) in [7, 11) is -0.697. The summed E-state index contributed by atoms with van der Waals surface area (Å²) in [5, 5.41) is 3.93. The average molecular weight is 382 g/mol. The Kier molecular flexibility index (Phi) is 5.08. The molecule has 0 spiro atoms. The Hall–Kier alpha value is -1.01. The van der Waals surface area contributed by atoms with E-state index in [0.29, 0.717) is 11.3 Å². The fourth-order valence-electron chi connectivity index (χ4n) is 3.09. The van der Waals surface area contributed by atoms with E-state index in [1.165, 1.54) is 0 Å². The van der Waals surface area contributed by atoms with Gasteiger partial charge in [-0.2, -0.15) is 0 Å². The Morgan fingerprint density at radius 3 is 3.09 bits per heavy atom. The first-order valence-corrected chi connectivity index (χ1v) is 9.89. The molecule has 1 N–H and O–H groups in total. The number of aromatic nitrogens is 2. The number of halogens is 1. The predicted molar refractivity (Wildman–Crippen MR) is 95.6 cm³/mol. The lowest BCUT2D eigenvalue weighted by atomic mass is 9.94. The molecule has 2 aromatic heterocycles. The molecule has 0 amide bonds. The van der Waals surface area contributed by atoms with E-state index in [1.54, 1.807) is 6.20 Å². The van der Waals surface area contributed by atoms with Gasteiger partial charge < -0.3 is 5.32 Å². The van der Waals surface area contributed by atoms with Crippen molar-refractivity contribution in [2.24, 2.45) is 0 Å². The van der Waals surface area contributed by atoms with Crippen LogP contribution in [0.2, 0.25) is 0 Å². The Bertz CT molecular complexity index is 694. The molecule has 1 saturated carbocycles. The maximum absolute atomic E-state index is 12.1. The van der Waals surface area contributed by atoms with E-state index < -0.39 is 10.8 Å². The number of pyridine rings is 2. The van der Waals surface area contributed by atoms with Crippen LogP contribution >= 0.6 is 15.9 Å². The zero-order valence-electron chi connectivity index (χ0n) is 12.6. The Balaban J connectivity index is 1.79. The molecule has 0 aliphatic heterocycles. The van der Waals surface area contributed by atoms with Gasteiger partial charge in [-0.15, -0.1) is 0 Å². The lowest BCUT2D eigenvalue weighted by Gasteiger charge is -2.30. The van der Waals surface area contributed by atoms with E-state index >= 15 is 0 Å². The van der Waals surface area contributed by atoms with Gasteiger partial charge in [-0.3, -0.25) is 14.2 Å². The van der Waals surface area contributed by atoms with Gasteiger partial charge >= 0.3 is 0 Å². The van der Waals surface area contributed by atoms with Gasteiger partial charge in [-0.05, 0) is 47.3 Å². The van der Waals surface area contributed by atoms with Gasteiger partial charge in [-0.1, -0.05) is 13.3 Å². The van der Waals surface area contributed by atoms with Crippen molar-refractivity contribution in [3.8, 4) is 0 Å². The standard InChI is InChI=1S/C16H20BrN3OS/c1-2-22(21)13-5-3-4-12(9-13)20-14-6-7-18-15-8-11(17)10-19-16(14)15/h6-8,10,12-13H,2-5,9H2,1H3,(H,18,20). The molecule has 1 aliphatic rings. The van der Waals surface area contributed by atoms with Gasteiger partial charge in [0.2, 0.25) is 0 Å². The Morgan fingerprint density at radius 1 is 1.41 bits per heavy atom. The lowest BCUT2D eigenvalue weighted by molar-refractivity contribution is 0.465. The van der Waals surface area contributed by atoms with Gasteiger partial charge in [0.25, 0.3) is 0 Å². The first kappa shape index (κ1) is 15.9. The summed E-state index contributed by atoms with van der Waals surface area (Å²) < 4.78 is 13.0. The van der Waals surface area contributed by atoms with Crippen molar-refractivity contribution in [3.05, 3.63) is 29.0 Å². The van der Waals surface area contributed by atoms with Crippen molar-refractivity contribution in [2.45, 2.75) is 43.9 Å². The maximum atomic E-state index is 12.1. The highest BCUT2D eigenvalue weighted by Crippen LogP contribution is 2.28. The van der Waals surface area contributed by atoms with Crippen LogP contribution in [0.3, 0.4) is 0 Å². The molecule has 1 fully saturated rings. The smallest absolute Gasteiger partial charge is 0.112 e. The zero-order valence-corrected chi connectivity index (χ0v) is 15.0. The molecule has 1 aliphatic carbocycles. The number of nitrogens with zero attached hydrogens (tertiary/aromatic N) is 2. The molecule has 6 heteroatoms. The molecule has 3 atom stereocenters. The SMILES string of the molecule is CCS(=O)C1CCCC(Nc2ccnc3cc(Br)cnc23)C1. The first-order chi connectivity index (χ1) is 10.7. The van der Waals surface area contributed by atoms with Crippen LogP contribution in [0.5, 0.6) is 0 Å². The largest absolute Gasteiger partial charge is 0.380 e.